The average Bonchev–Trinajstić information content (AvgIpc) is 2.15. The predicted molar refractivity (Wildman–Crippen MR) is 59.3 cm³/mol. The van der Waals surface area contributed by atoms with E-state index in [0.717, 1.165) is 12.8 Å². The summed E-state index contributed by atoms with van der Waals surface area (Å²) in [5, 5.41) is 8.34. The fraction of sp³-hybridized carbons (Fsp3) is 0.583. The minimum atomic E-state index is -0.770. The summed E-state index contributed by atoms with van der Waals surface area (Å²) in [5.74, 6) is -0.770. The summed E-state index contributed by atoms with van der Waals surface area (Å²) in [6.07, 6.45) is 13.8. The van der Waals surface area contributed by atoms with Gasteiger partial charge < -0.3 is 5.11 Å². The number of aliphatic carboxylic acids is 1. The van der Waals surface area contributed by atoms with E-state index in [9.17, 15) is 4.79 Å². The highest BCUT2D eigenvalue weighted by atomic mass is 16.4. The van der Waals surface area contributed by atoms with Crippen molar-refractivity contribution in [3.05, 3.63) is 24.3 Å². The highest BCUT2D eigenvalue weighted by Gasteiger charge is 1.87. The molecule has 0 aliphatic heterocycles. The lowest BCUT2D eigenvalue weighted by atomic mass is 10.2. The molecular formula is C12H20O2. The van der Waals surface area contributed by atoms with Crippen LogP contribution in [0, 0.1) is 0 Å². The van der Waals surface area contributed by atoms with Gasteiger partial charge in [0.25, 0.3) is 0 Å². The molecule has 0 unspecified atom stereocenters. The van der Waals surface area contributed by atoms with Crippen molar-refractivity contribution in [3.8, 4) is 0 Å². The van der Waals surface area contributed by atoms with E-state index in [1.165, 1.54) is 19.3 Å². The Bertz CT molecular complexity index is 192. The minimum Gasteiger partial charge on any atom is -0.481 e. The van der Waals surface area contributed by atoms with Gasteiger partial charge in [0.2, 0.25) is 0 Å². The maximum absolute atomic E-state index is 10.1. The summed E-state index contributed by atoms with van der Waals surface area (Å²) in [4.78, 5) is 10.1. The van der Waals surface area contributed by atoms with Crippen LogP contribution >= 0.6 is 0 Å². The summed E-state index contributed by atoms with van der Waals surface area (Å²) >= 11 is 0. The molecule has 0 radical (unpaired) electrons. The Hall–Kier alpha value is -1.05. The summed E-state index contributed by atoms with van der Waals surface area (Å²) < 4.78 is 0. The molecule has 0 heterocycles. The van der Waals surface area contributed by atoms with Crippen LogP contribution in [0.1, 0.15) is 45.4 Å². The summed E-state index contributed by atoms with van der Waals surface area (Å²) in [6, 6.07) is 0. The molecule has 0 fully saturated rings. The van der Waals surface area contributed by atoms with Gasteiger partial charge in [-0.05, 0) is 19.3 Å². The molecule has 14 heavy (non-hydrogen) atoms. The molecule has 0 amide bonds. The molecule has 0 aromatic rings. The predicted octanol–water partition coefficient (Wildman–Crippen LogP) is 3.54. The molecule has 0 atom stereocenters. The Labute approximate surface area is 86.3 Å². The first-order valence-corrected chi connectivity index (χ1v) is 5.29. The van der Waals surface area contributed by atoms with Gasteiger partial charge in [-0.3, -0.25) is 4.79 Å². The Morgan fingerprint density at radius 1 is 1.14 bits per heavy atom. The van der Waals surface area contributed by atoms with Gasteiger partial charge in [0.15, 0.2) is 0 Å². The molecule has 0 aliphatic carbocycles. The van der Waals surface area contributed by atoms with Crippen molar-refractivity contribution in [2.24, 2.45) is 0 Å². The lowest BCUT2D eigenvalue weighted by Crippen LogP contribution is -1.89. The number of carbonyl (C=O) groups is 1. The number of hydrogen-bond acceptors (Lipinski definition) is 1. The van der Waals surface area contributed by atoms with Gasteiger partial charge in [0.1, 0.15) is 0 Å². The van der Waals surface area contributed by atoms with Crippen LogP contribution in [-0.2, 0) is 4.79 Å². The number of carboxylic acid groups (broad SMARTS) is 1. The van der Waals surface area contributed by atoms with Gasteiger partial charge >= 0.3 is 5.97 Å². The van der Waals surface area contributed by atoms with E-state index < -0.39 is 5.97 Å². The SMILES string of the molecule is CCCCCC=CC/C=C\CC(=O)O. The lowest BCUT2D eigenvalue weighted by molar-refractivity contribution is -0.136. The number of allylic oxidation sites excluding steroid dienone is 3. The molecule has 0 spiro atoms. The second kappa shape index (κ2) is 10.0. The zero-order valence-corrected chi connectivity index (χ0v) is 8.91. The number of rotatable bonds is 8. The smallest absolute Gasteiger partial charge is 0.307 e. The van der Waals surface area contributed by atoms with E-state index in [0.29, 0.717) is 0 Å². The third-order valence-corrected chi connectivity index (χ3v) is 1.87. The van der Waals surface area contributed by atoms with E-state index >= 15 is 0 Å². The molecule has 0 aromatic carbocycles. The maximum Gasteiger partial charge on any atom is 0.307 e. The highest BCUT2D eigenvalue weighted by molar-refractivity contribution is 5.68. The van der Waals surface area contributed by atoms with E-state index in [2.05, 4.69) is 19.1 Å². The molecule has 80 valence electrons. The number of unbranched alkanes of at least 4 members (excludes halogenated alkanes) is 3. The van der Waals surface area contributed by atoms with Crippen molar-refractivity contribution in [1.82, 2.24) is 0 Å². The van der Waals surface area contributed by atoms with Crippen LogP contribution in [0.3, 0.4) is 0 Å². The first kappa shape index (κ1) is 12.9. The Balaban J connectivity index is 3.25. The summed E-state index contributed by atoms with van der Waals surface area (Å²) in [6.45, 7) is 2.19. The van der Waals surface area contributed by atoms with Crippen molar-refractivity contribution in [1.29, 1.82) is 0 Å². The van der Waals surface area contributed by atoms with Gasteiger partial charge in [-0.25, -0.2) is 0 Å². The molecule has 0 saturated heterocycles. The van der Waals surface area contributed by atoms with E-state index in [4.69, 9.17) is 5.11 Å². The van der Waals surface area contributed by atoms with Crippen LogP contribution in [0.25, 0.3) is 0 Å². The summed E-state index contributed by atoms with van der Waals surface area (Å²) in [7, 11) is 0. The van der Waals surface area contributed by atoms with Crippen LogP contribution in [0.5, 0.6) is 0 Å². The van der Waals surface area contributed by atoms with Gasteiger partial charge in [-0.2, -0.15) is 0 Å². The highest BCUT2D eigenvalue weighted by Crippen LogP contribution is 2.00. The Morgan fingerprint density at radius 2 is 1.86 bits per heavy atom. The van der Waals surface area contributed by atoms with Crippen LogP contribution in [-0.4, -0.2) is 11.1 Å². The fourth-order valence-electron chi connectivity index (χ4n) is 1.09. The molecule has 0 rings (SSSR count). The standard InChI is InChI=1S/C12H20O2/c1-2-3-4-5-6-7-8-9-10-11-12(13)14/h6-7,9-10H,2-5,8,11H2,1H3,(H,13,14)/b7-6?,10-9-. The van der Waals surface area contributed by atoms with Gasteiger partial charge in [0, 0.05) is 0 Å². The van der Waals surface area contributed by atoms with Gasteiger partial charge in [-0.1, -0.05) is 44.1 Å². The number of hydrogen-bond donors (Lipinski definition) is 1. The second-order valence-electron chi connectivity index (χ2n) is 3.27. The van der Waals surface area contributed by atoms with Crippen LogP contribution in [0.15, 0.2) is 24.3 Å². The Kier molecular flexibility index (Phi) is 9.28. The largest absolute Gasteiger partial charge is 0.481 e. The molecule has 2 nitrogen and oxygen atoms in total. The first-order chi connectivity index (χ1) is 6.77. The molecule has 0 saturated carbocycles. The summed E-state index contributed by atoms with van der Waals surface area (Å²) in [5.41, 5.74) is 0. The fourth-order valence-corrected chi connectivity index (χ4v) is 1.09. The van der Waals surface area contributed by atoms with Crippen LogP contribution in [0.4, 0.5) is 0 Å². The van der Waals surface area contributed by atoms with Crippen molar-refractivity contribution < 1.29 is 9.90 Å². The van der Waals surface area contributed by atoms with Gasteiger partial charge in [-0.15, -0.1) is 0 Å². The van der Waals surface area contributed by atoms with Crippen molar-refractivity contribution >= 4 is 5.97 Å². The van der Waals surface area contributed by atoms with Crippen molar-refractivity contribution in [3.63, 3.8) is 0 Å². The molecule has 1 N–H and O–H groups in total. The topological polar surface area (TPSA) is 37.3 Å². The normalized spacial score (nSPS) is 11.5. The van der Waals surface area contributed by atoms with E-state index in [-0.39, 0.29) is 6.42 Å². The molecule has 2 heteroatoms. The van der Waals surface area contributed by atoms with Gasteiger partial charge in [0.05, 0.1) is 6.42 Å². The van der Waals surface area contributed by atoms with Crippen molar-refractivity contribution in [2.45, 2.75) is 45.4 Å². The van der Waals surface area contributed by atoms with Crippen LogP contribution in [0.2, 0.25) is 0 Å². The molecule has 0 bridgehead atoms. The van der Waals surface area contributed by atoms with Crippen molar-refractivity contribution in [2.75, 3.05) is 0 Å². The van der Waals surface area contributed by atoms with E-state index in [1.54, 1.807) is 6.08 Å². The molecule has 0 aromatic heterocycles. The van der Waals surface area contributed by atoms with Crippen LogP contribution < -0.4 is 0 Å². The minimum absolute atomic E-state index is 0.129. The lowest BCUT2D eigenvalue weighted by Gasteiger charge is -1.90. The second-order valence-corrected chi connectivity index (χ2v) is 3.27. The zero-order chi connectivity index (χ0) is 10.6. The average molecular weight is 196 g/mol. The molecule has 0 aliphatic rings. The third kappa shape index (κ3) is 11.0. The quantitative estimate of drug-likeness (QED) is 0.476. The number of carboxylic acids is 1. The Morgan fingerprint density at radius 3 is 2.50 bits per heavy atom. The zero-order valence-electron chi connectivity index (χ0n) is 8.91. The monoisotopic (exact) mass is 196 g/mol. The molecular weight excluding hydrogens is 176 g/mol. The maximum atomic E-state index is 10.1. The first-order valence-electron chi connectivity index (χ1n) is 5.29. The third-order valence-electron chi connectivity index (χ3n) is 1.87. The van der Waals surface area contributed by atoms with E-state index in [1.807, 2.05) is 6.08 Å².